The van der Waals surface area contributed by atoms with Crippen LogP contribution in [0.25, 0.3) is 0 Å². The Balaban J connectivity index is 1.90. The summed E-state index contributed by atoms with van der Waals surface area (Å²) >= 11 is 1.49. The number of methoxy groups -OCH3 is 1. The van der Waals surface area contributed by atoms with Crippen molar-refractivity contribution in [1.29, 1.82) is 0 Å². The molecule has 1 unspecified atom stereocenters. The highest BCUT2D eigenvalue weighted by atomic mass is 32.1. The van der Waals surface area contributed by atoms with Gasteiger partial charge in [0, 0.05) is 10.4 Å². The Morgan fingerprint density at radius 2 is 2.00 bits per heavy atom. The standard InChI is InChI=1S/C20H23NO4S/c1-4-25-20(23)17-15-10-5-12(2)11-16(15)26-19(17)21-18(22)13-6-8-14(24-3)9-7-13/h6-9,12H,4-5,10-11H2,1-3H3,(H,21,22). The summed E-state index contributed by atoms with van der Waals surface area (Å²) in [5.74, 6) is 0.671. The van der Waals surface area contributed by atoms with Crippen molar-refractivity contribution >= 4 is 28.2 Å². The number of thiophene rings is 1. The normalized spacial score (nSPS) is 15.9. The first-order valence-corrected chi connectivity index (χ1v) is 9.62. The summed E-state index contributed by atoms with van der Waals surface area (Å²) in [5.41, 5.74) is 2.08. The van der Waals surface area contributed by atoms with Gasteiger partial charge < -0.3 is 14.8 Å². The number of nitrogens with one attached hydrogen (secondary N) is 1. The Kier molecular flexibility index (Phi) is 5.61. The maximum absolute atomic E-state index is 12.6. The van der Waals surface area contributed by atoms with E-state index in [0.29, 0.717) is 34.4 Å². The van der Waals surface area contributed by atoms with Gasteiger partial charge in [0.25, 0.3) is 5.91 Å². The quantitative estimate of drug-likeness (QED) is 0.793. The van der Waals surface area contributed by atoms with Crippen LogP contribution >= 0.6 is 11.3 Å². The van der Waals surface area contributed by atoms with Gasteiger partial charge in [-0.25, -0.2) is 4.79 Å². The third-order valence-corrected chi connectivity index (χ3v) is 5.74. The molecule has 5 nitrogen and oxygen atoms in total. The third kappa shape index (κ3) is 3.75. The second kappa shape index (κ2) is 7.91. The first-order chi connectivity index (χ1) is 12.5. The van der Waals surface area contributed by atoms with Crippen LogP contribution in [0.4, 0.5) is 5.00 Å². The Bertz CT molecular complexity index is 810. The highest BCUT2D eigenvalue weighted by Crippen LogP contribution is 2.40. The van der Waals surface area contributed by atoms with Gasteiger partial charge in [0.15, 0.2) is 0 Å². The lowest BCUT2D eigenvalue weighted by molar-refractivity contribution is 0.0526. The molecule has 0 saturated carbocycles. The van der Waals surface area contributed by atoms with Crippen molar-refractivity contribution in [3.63, 3.8) is 0 Å². The molecule has 0 saturated heterocycles. The van der Waals surface area contributed by atoms with Crippen molar-refractivity contribution in [2.75, 3.05) is 19.0 Å². The monoisotopic (exact) mass is 373 g/mol. The van der Waals surface area contributed by atoms with Gasteiger partial charge in [-0.1, -0.05) is 6.92 Å². The van der Waals surface area contributed by atoms with E-state index < -0.39 is 0 Å². The van der Waals surface area contributed by atoms with Gasteiger partial charge >= 0.3 is 5.97 Å². The molecule has 0 aliphatic heterocycles. The predicted molar refractivity (Wildman–Crippen MR) is 102 cm³/mol. The minimum Gasteiger partial charge on any atom is -0.497 e. The van der Waals surface area contributed by atoms with E-state index in [-0.39, 0.29) is 11.9 Å². The molecule has 26 heavy (non-hydrogen) atoms. The van der Waals surface area contributed by atoms with Crippen LogP contribution in [0, 0.1) is 5.92 Å². The number of carbonyl (C=O) groups excluding carboxylic acids is 2. The molecule has 1 heterocycles. The molecular formula is C20H23NO4S. The molecule has 1 aliphatic carbocycles. The van der Waals surface area contributed by atoms with E-state index in [9.17, 15) is 9.59 Å². The van der Waals surface area contributed by atoms with Gasteiger partial charge in [0.1, 0.15) is 10.8 Å². The maximum Gasteiger partial charge on any atom is 0.341 e. The van der Waals surface area contributed by atoms with Crippen LogP contribution in [0.5, 0.6) is 5.75 Å². The number of anilines is 1. The van der Waals surface area contributed by atoms with Gasteiger partial charge in [-0.05, 0) is 61.9 Å². The van der Waals surface area contributed by atoms with Gasteiger partial charge in [0.2, 0.25) is 0 Å². The molecule has 1 atom stereocenters. The van der Waals surface area contributed by atoms with E-state index in [4.69, 9.17) is 9.47 Å². The lowest BCUT2D eigenvalue weighted by Gasteiger charge is -2.18. The first-order valence-electron chi connectivity index (χ1n) is 8.80. The number of esters is 1. The summed E-state index contributed by atoms with van der Waals surface area (Å²) in [6, 6.07) is 6.88. The number of carbonyl (C=O) groups is 2. The smallest absolute Gasteiger partial charge is 0.341 e. The Labute approximate surface area is 157 Å². The van der Waals surface area contributed by atoms with Crippen LogP contribution in [0.15, 0.2) is 24.3 Å². The zero-order chi connectivity index (χ0) is 18.7. The predicted octanol–water partition coefficient (Wildman–Crippen LogP) is 4.31. The van der Waals surface area contributed by atoms with Crippen LogP contribution < -0.4 is 10.1 Å². The molecule has 0 radical (unpaired) electrons. The van der Waals surface area contributed by atoms with E-state index >= 15 is 0 Å². The highest BCUT2D eigenvalue weighted by molar-refractivity contribution is 7.17. The van der Waals surface area contributed by atoms with Crippen molar-refractivity contribution < 1.29 is 19.1 Å². The zero-order valence-electron chi connectivity index (χ0n) is 15.3. The number of rotatable bonds is 5. The molecule has 0 bridgehead atoms. The van der Waals surface area contributed by atoms with Crippen LogP contribution in [0.2, 0.25) is 0 Å². The average Bonchev–Trinajstić information content (AvgIpc) is 2.98. The number of benzene rings is 1. The molecule has 1 amide bonds. The molecular weight excluding hydrogens is 350 g/mol. The summed E-state index contributed by atoms with van der Waals surface area (Å²) in [4.78, 5) is 26.3. The van der Waals surface area contributed by atoms with Gasteiger partial charge in [-0.3, -0.25) is 4.79 Å². The fraction of sp³-hybridized carbons (Fsp3) is 0.400. The van der Waals surface area contributed by atoms with E-state index in [0.717, 1.165) is 24.8 Å². The van der Waals surface area contributed by atoms with Crippen LogP contribution in [0.3, 0.4) is 0 Å². The lowest BCUT2D eigenvalue weighted by Crippen LogP contribution is -2.16. The van der Waals surface area contributed by atoms with Crippen molar-refractivity contribution in [2.24, 2.45) is 5.92 Å². The van der Waals surface area contributed by atoms with Gasteiger partial charge in [-0.2, -0.15) is 0 Å². The maximum atomic E-state index is 12.6. The molecule has 1 aliphatic rings. The fourth-order valence-electron chi connectivity index (χ4n) is 3.18. The summed E-state index contributed by atoms with van der Waals surface area (Å²) in [7, 11) is 1.58. The average molecular weight is 373 g/mol. The third-order valence-electron chi connectivity index (χ3n) is 4.57. The molecule has 0 fully saturated rings. The molecule has 6 heteroatoms. The molecule has 1 aromatic carbocycles. The van der Waals surface area contributed by atoms with Crippen molar-refractivity contribution in [2.45, 2.75) is 33.1 Å². The van der Waals surface area contributed by atoms with E-state index in [2.05, 4.69) is 12.2 Å². The summed E-state index contributed by atoms with van der Waals surface area (Å²) in [6.07, 6.45) is 2.83. The Morgan fingerprint density at radius 1 is 1.27 bits per heavy atom. The molecule has 0 spiro atoms. The molecule has 1 N–H and O–H groups in total. The van der Waals surface area contributed by atoms with E-state index in [1.807, 2.05) is 0 Å². The number of amides is 1. The van der Waals surface area contributed by atoms with Crippen LogP contribution in [0.1, 0.15) is 51.4 Å². The van der Waals surface area contributed by atoms with Crippen molar-refractivity contribution in [3.05, 3.63) is 45.8 Å². The number of hydrogen-bond donors (Lipinski definition) is 1. The molecule has 1 aromatic heterocycles. The number of ether oxygens (including phenoxy) is 2. The van der Waals surface area contributed by atoms with Crippen molar-refractivity contribution in [3.8, 4) is 5.75 Å². The second-order valence-corrected chi connectivity index (χ2v) is 7.56. The number of fused-ring (bicyclic) bond motifs is 1. The first kappa shape index (κ1) is 18.5. The minimum absolute atomic E-state index is 0.246. The van der Waals surface area contributed by atoms with Crippen LogP contribution in [-0.2, 0) is 17.6 Å². The molecule has 138 valence electrons. The summed E-state index contributed by atoms with van der Waals surface area (Å²) in [6.45, 7) is 4.31. The topological polar surface area (TPSA) is 64.6 Å². The zero-order valence-corrected chi connectivity index (χ0v) is 16.1. The number of hydrogen-bond acceptors (Lipinski definition) is 5. The minimum atomic E-state index is -0.357. The fourth-order valence-corrected chi connectivity index (χ4v) is 4.57. The van der Waals surface area contributed by atoms with Gasteiger partial charge in [0.05, 0.1) is 19.3 Å². The summed E-state index contributed by atoms with van der Waals surface area (Å²) in [5, 5.41) is 3.50. The van der Waals surface area contributed by atoms with Crippen molar-refractivity contribution in [1.82, 2.24) is 0 Å². The Hall–Kier alpha value is -2.34. The van der Waals surface area contributed by atoms with Crippen LogP contribution in [-0.4, -0.2) is 25.6 Å². The second-order valence-electron chi connectivity index (χ2n) is 6.46. The van der Waals surface area contributed by atoms with E-state index in [1.165, 1.54) is 16.2 Å². The molecule has 2 aromatic rings. The molecule has 3 rings (SSSR count). The lowest BCUT2D eigenvalue weighted by atomic mass is 9.88. The van der Waals surface area contributed by atoms with Gasteiger partial charge in [-0.15, -0.1) is 11.3 Å². The largest absolute Gasteiger partial charge is 0.497 e. The van der Waals surface area contributed by atoms with E-state index in [1.54, 1.807) is 38.3 Å². The highest BCUT2D eigenvalue weighted by Gasteiger charge is 2.29. The SMILES string of the molecule is CCOC(=O)c1c(NC(=O)c2ccc(OC)cc2)sc2c1CCC(C)C2. The summed E-state index contributed by atoms with van der Waals surface area (Å²) < 4.78 is 10.4. The Morgan fingerprint density at radius 3 is 2.65 bits per heavy atom.